The Morgan fingerprint density at radius 3 is 2.43 bits per heavy atom. The summed E-state index contributed by atoms with van der Waals surface area (Å²) in [6.07, 6.45) is 1.32. The fraction of sp³-hybridized carbons (Fsp3) is 0.333. The Labute approximate surface area is 132 Å². The first kappa shape index (κ1) is 16.6. The molecule has 1 heterocycles. The van der Waals surface area contributed by atoms with Crippen molar-refractivity contribution in [1.29, 1.82) is 0 Å². The van der Waals surface area contributed by atoms with E-state index in [1.54, 1.807) is 0 Å². The molecule has 8 heteroatoms. The first-order chi connectivity index (χ1) is 11.0. The van der Waals surface area contributed by atoms with Gasteiger partial charge in [0.25, 0.3) is 0 Å². The molecule has 0 radical (unpaired) electrons. The van der Waals surface area contributed by atoms with Crippen molar-refractivity contribution in [2.45, 2.75) is 19.8 Å². The molecule has 0 atom stereocenters. The van der Waals surface area contributed by atoms with Gasteiger partial charge in [-0.1, -0.05) is 25.5 Å². The second-order valence-electron chi connectivity index (χ2n) is 5.01. The Hall–Kier alpha value is -2.77. The average Bonchev–Trinajstić information content (AvgIpc) is 2.72. The van der Waals surface area contributed by atoms with Crippen LogP contribution in [0.1, 0.15) is 19.8 Å². The number of halogens is 1. The molecule has 23 heavy (non-hydrogen) atoms. The van der Waals surface area contributed by atoms with Crippen molar-refractivity contribution in [3.8, 4) is 0 Å². The number of anilines is 1. The van der Waals surface area contributed by atoms with Crippen LogP contribution in [0.2, 0.25) is 0 Å². The van der Waals surface area contributed by atoms with Crippen molar-refractivity contribution in [3.05, 3.63) is 30.1 Å². The Bertz CT molecular complexity index is 662. The summed E-state index contributed by atoms with van der Waals surface area (Å²) in [5.74, 6) is -3.39. The van der Waals surface area contributed by atoms with Crippen LogP contribution in [-0.2, 0) is 14.4 Å². The van der Waals surface area contributed by atoms with Gasteiger partial charge < -0.3 is 5.32 Å². The Morgan fingerprint density at radius 2 is 1.78 bits per heavy atom. The minimum atomic E-state index is -1.05. The lowest BCUT2D eigenvalue weighted by Crippen LogP contribution is -2.39. The third kappa shape index (κ3) is 3.53. The molecule has 0 bridgehead atoms. The normalized spacial score (nSPS) is 14.6. The highest BCUT2D eigenvalue weighted by atomic mass is 19.1. The van der Waals surface area contributed by atoms with Gasteiger partial charge in [0.2, 0.25) is 5.91 Å². The molecule has 1 aromatic rings. The molecule has 0 aliphatic carbocycles. The maximum atomic E-state index is 13.5. The maximum Gasteiger partial charge on any atom is 0.334 e. The van der Waals surface area contributed by atoms with E-state index in [0.717, 1.165) is 17.4 Å². The van der Waals surface area contributed by atoms with Gasteiger partial charge in [0.05, 0.1) is 5.69 Å². The third-order valence-corrected chi connectivity index (χ3v) is 3.32. The first-order valence-electron chi connectivity index (χ1n) is 7.17. The van der Waals surface area contributed by atoms with E-state index >= 15 is 0 Å². The van der Waals surface area contributed by atoms with Gasteiger partial charge in [-0.2, -0.15) is 0 Å². The van der Waals surface area contributed by atoms with Crippen LogP contribution in [0.25, 0.3) is 0 Å². The minimum Gasteiger partial charge on any atom is -0.322 e. The van der Waals surface area contributed by atoms with E-state index < -0.39 is 36.1 Å². The fourth-order valence-corrected chi connectivity index (χ4v) is 2.10. The summed E-state index contributed by atoms with van der Waals surface area (Å²) >= 11 is 0. The number of hydrogen-bond acceptors (Lipinski definition) is 4. The highest BCUT2D eigenvalue weighted by molar-refractivity contribution is 6.45. The molecule has 0 saturated carbocycles. The predicted molar refractivity (Wildman–Crippen MR) is 78.8 cm³/mol. The van der Waals surface area contributed by atoms with Gasteiger partial charge in [0, 0.05) is 6.54 Å². The van der Waals surface area contributed by atoms with Crippen LogP contribution >= 0.6 is 0 Å². The van der Waals surface area contributed by atoms with E-state index in [9.17, 15) is 23.6 Å². The second kappa shape index (κ2) is 6.99. The van der Waals surface area contributed by atoms with Crippen LogP contribution < -0.4 is 5.32 Å². The predicted octanol–water partition coefficient (Wildman–Crippen LogP) is 1.36. The standard InChI is InChI=1S/C15H16FN3O4/c1-2-3-8-18-13(21)14(22)19(15(18)23)9-12(20)17-11-7-5-4-6-10(11)16/h4-7H,2-3,8-9H2,1H3,(H,17,20). The number of para-hydroxylation sites is 1. The molecule has 122 valence electrons. The molecule has 0 spiro atoms. The smallest absolute Gasteiger partial charge is 0.322 e. The fourth-order valence-electron chi connectivity index (χ4n) is 2.10. The van der Waals surface area contributed by atoms with Gasteiger partial charge >= 0.3 is 17.8 Å². The average molecular weight is 321 g/mol. The summed E-state index contributed by atoms with van der Waals surface area (Å²) in [7, 11) is 0. The zero-order chi connectivity index (χ0) is 17.0. The van der Waals surface area contributed by atoms with Crippen LogP contribution in [0, 0.1) is 5.82 Å². The molecule has 1 saturated heterocycles. The van der Waals surface area contributed by atoms with E-state index in [4.69, 9.17) is 0 Å². The van der Waals surface area contributed by atoms with E-state index in [-0.39, 0.29) is 12.2 Å². The van der Waals surface area contributed by atoms with Crippen molar-refractivity contribution in [3.63, 3.8) is 0 Å². The highest BCUT2D eigenvalue weighted by Crippen LogP contribution is 2.15. The number of benzene rings is 1. The Kier molecular flexibility index (Phi) is 5.05. The molecule has 1 aliphatic heterocycles. The lowest BCUT2D eigenvalue weighted by Gasteiger charge is -2.15. The van der Waals surface area contributed by atoms with Crippen LogP contribution in [0.4, 0.5) is 14.9 Å². The zero-order valence-electron chi connectivity index (χ0n) is 12.5. The van der Waals surface area contributed by atoms with Crippen molar-refractivity contribution in [1.82, 2.24) is 9.80 Å². The van der Waals surface area contributed by atoms with E-state index in [2.05, 4.69) is 5.32 Å². The second-order valence-corrected chi connectivity index (χ2v) is 5.01. The maximum absolute atomic E-state index is 13.5. The van der Waals surface area contributed by atoms with Gasteiger partial charge in [-0.25, -0.2) is 14.1 Å². The molecular formula is C15H16FN3O4. The first-order valence-corrected chi connectivity index (χ1v) is 7.17. The minimum absolute atomic E-state index is 0.0641. The van der Waals surface area contributed by atoms with Gasteiger partial charge in [-0.05, 0) is 18.6 Å². The van der Waals surface area contributed by atoms with Crippen LogP contribution in [0.3, 0.4) is 0 Å². The number of nitrogens with zero attached hydrogens (tertiary/aromatic N) is 2. The number of urea groups is 1. The van der Waals surface area contributed by atoms with Crippen molar-refractivity contribution >= 4 is 29.4 Å². The largest absolute Gasteiger partial charge is 0.334 e. The quantitative estimate of drug-likeness (QED) is 0.633. The number of rotatable bonds is 6. The summed E-state index contributed by atoms with van der Waals surface area (Å²) in [6, 6.07) is 4.68. The topological polar surface area (TPSA) is 86.8 Å². The number of carbonyl (C=O) groups excluding carboxylic acids is 4. The lowest BCUT2D eigenvalue weighted by molar-refractivity contribution is -0.143. The van der Waals surface area contributed by atoms with E-state index in [1.807, 2.05) is 6.92 Å². The molecule has 7 nitrogen and oxygen atoms in total. The Morgan fingerprint density at radius 1 is 1.13 bits per heavy atom. The third-order valence-electron chi connectivity index (χ3n) is 3.32. The van der Waals surface area contributed by atoms with Gasteiger partial charge in [0.1, 0.15) is 12.4 Å². The monoisotopic (exact) mass is 321 g/mol. The molecule has 2 rings (SSSR count). The number of imide groups is 2. The number of nitrogens with one attached hydrogen (secondary N) is 1. The van der Waals surface area contributed by atoms with Crippen LogP contribution in [0.5, 0.6) is 0 Å². The molecule has 5 amide bonds. The SMILES string of the molecule is CCCCN1C(=O)C(=O)N(CC(=O)Nc2ccccc2F)C1=O. The van der Waals surface area contributed by atoms with Gasteiger partial charge in [-0.3, -0.25) is 19.3 Å². The Balaban J connectivity index is 2.03. The molecule has 0 unspecified atom stereocenters. The number of amides is 5. The molecule has 1 aliphatic rings. The summed E-state index contributed by atoms with van der Waals surface area (Å²) in [5, 5.41) is 2.26. The summed E-state index contributed by atoms with van der Waals surface area (Å²) < 4.78 is 13.5. The number of carbonyl (C=O) groups is 4. The van der Waals surface area contributed by atoms with Crippen molar-refractivity contribution < 1.29 is 23.6 Å². The highest BCUT2D eigenvalue weighted by Gasteiger charge is 2.44. The molecule has 1 N–H and O–H groups in total. The van der Waals surface area contributed by atoms with Crippen molar-refractivity contribution in [2.24, 2.45) is 0 Å². The van der Waals surface area contributed by atoms with Crippen LogP contribution in [-0.4, -0.2) is 46.6 Å². The summed E-state index contributed by atoms with van der Waals surface area (Å²) in [4.78, 5) is 48.9. The van der Waals surface area contributed by atoms with Crippen molar-refractivity contribution in [2.75, 3.05) is 18.4 Å². The molecule has 1 aromatic carbocycles. The lowest BCUT2D eigenvalue weighted by atomic mass is 10.3. The summed E-state index contributed by atoms with van der Waals surface area (Å²) in [5.41, 5.74) is -0.0641. The number of unbranched alkanes of at least 4 members (excludes halogenated alkanes) is 1. The molecular weight excluding hydrogens is 305 g/mol. The molecule has 0 aromatic heterocycles. The van der Waals surface area contributed by atoms with Gasteiger partial charge in [-0.15, -0.1) is 0 Å². The number of hydrogen-bond donors (Lipinski definition) is 1. The van der Waals surface area contributed by atoms with Gasteiger partial charge in [0.15, 0.2) is 0 Å². The van der Waals surface area contributed by atoms with E-state index in [1.165, 1.54) is 18.2 Å². The van der Waals surface area contributed by atoms with E-state index in [0.29, 0.717) is 11.3 Å². The van der Waals surface area contributed by atoms with Crippen LogP contribution in [0.15, 0.2) is 24.3 Å². The molecule has 1 fully saturated rings. The zero-order valence-corrected chi connectivity index (χ0v) is 12.5. The summed E-state index contributed by atoms with van der Waals surface area (Å²) in [6.45, 7) is 1.37.